The smallest absolute Gasteiger partial charge is 0.416 e. The lowest BCUT2D eigenvalue weighted by atomic mass is 10.1. The average molecular weight is 414 g/mol. The van der Waals surface area contributed by atoms with E-state index in [1.54, 1.807) is 19.1 Å². The lowest BCUT2D eigenvalue weighted by molar-refractivity contribution is -0.137. The van der Waals surface area contributed by atoms with Crippen molar-refractivity contribution >= 4 is 33.9 Å². The van der Waals surface area contributed by atoms with Gasteiger partial charge in [0.2, 0.25) is 5.91 Å². The number of nitriles is 1. The normalized spacial score (nSPS) is 11.1. The minimum absolute atomic E-state index is 0.195. The van der Waals surface area contributed by atoms with E-state index in [2.05, 4.69) is 15.6 Å². The van der Waals surface area contributed by atoms with E-state index in [1.165, 1.54) is 25.3 Å². The first kappa shape index (κ1) is 20.9. The Morgan fingerprint density at radius 3 is 2.50 bits per heavy atom. The van der Waals surface area contributed by atoms with Gasteiger partial charge in [-0.25, -0.2) is 0 Å². The molecule has 2 aromatic carbocycles. The predicted molar refractivity (Wildman–Crippen MR) is 107 cm³/mol. The van der Waals surface area contributed by atoms with E-state index in [1.807, 2.05) is 6.07 Å². The molecule has 0 fully saturated rings. The highest BCUT2D eigenvalue weighted by Crippen LogP contribution is 2.36. The number of aromatic nitrogens is 1. The number of fused-ring (bicyclic) bond motifs is 1. The first-order valence-electron chi connectivity index (χ1n) is 8.94. The number of benzene rings is 2. The molecular formula is C21H17F3N4O2. The molecule has 30 heavy (non-hydrogen) atoms. The lowest BCUT2D eigenvalue weighted by Gasteiger charge is -2.16. The maximum absolute atomic E-state index is 12.8. The molecule has 154 valence electrons. The van der Waals surface area contributed by atoms with E-state index in [-0.39, 0.29) is 11.5 Å². The van der Waals surface area contributed by atoms with Crippen LogP contribution >= 0.6 is 0 Å². The second-order valence-electron chi connectivity index (χ2n) is 6.34. The van der Waals surface area contributed by atoms with Crippen molar-refractivity contribution in [2.45, 2.75) is 20.0 Å². The van der Waals surface area contributed by atoms with Gasteiger partial charge in [0.25, 0.3) is 0 Å². The van der Waals surface area contributed by atoms with Gasteiger partial charge in [-0.15, -0.1) is 0 Å². The number of amides is 1. The van der Waals surface area contributed by atoms with E-state index < -0.39 is 11.7 Å². The van der Waals surface area contributed by atoms with Crippen LogP contribution in [0.25, 0.3) is 10.9 Å². The summed E-state index contributed by atoms with van der Waals surface area (Å²) in [6.07, 6.45) is -3.08. The topological polar surface area (TPSA) is 87.0 Å². The largest absolute Gasteiger partial charge is 0.492 e. The van der Waals surface area contributed by atoms with Crippen LogP contribution in [0.4, 0.5) is 30.2 Å². The van der Waals surface area contributed by atoms with Gasteiger partial charge in [0.05, 0.1) is 34.6 Å². The third-order valence-electron chi connectivity index (χ3n) is 4.18. The zero-order chi connectivity index (χ0) is 21.9. The fourth-order valence-electron chi connectivity index (χ4n) is 2.89. The number of hydrogen-bond donors (Lipinski definition) is 2. The number of pyridine rings is 1. The third kappa shape index (κ3) is 4.43. The number of alkyl halides is 3. The Morgan fingerprint density at radius 2 is 1.93 bits per heavy atom. The van der Waals surface area contributed by atoms with Crippen molar-refractivity contribution in [2.24, 2.45) is 0 Å². The summed E-state index contributed by atoms with van der Waals surface area (Å²) in [6, 6.07) is 9.72. The molecule has 0 aliphatic heterocycles. The lowest BCUT2D eigenvalue weighted by Crippen LogP contribution is -2.08. The fraction of sp³-hybridized carbons (Fsp3) is 0.190. The van der Waals surface area contributed by atoms with Crippen LogP contribution < -0.4 is 15.4 Å². The summed E-state index contributed by atoms with van der Waals surface area (Å²) in [5.41, 5.74) is 1.02. The summed E-state index contributed by atoms with van der Waals surface area (Å²) in [6.45, 7) is 3.52. The van der Waals surface area contributed by atoms with Gasteiger partial charge in [-0.05, 0) is 37.3 Å². The first-order chi connectivity index (χ1) is 14.2. The number of ether oxygens (including phenoxy) is 1. The van der Waals surface area contributed by atoms with Crippen molar-refractivity contribution in [3.8, 4) is 11.8 Å². The Bertz CT molecular complexity index is 1140. The van der Waals surface area contributed by atoms with Crippen molar-refractivity contribution < 1.29 is 22.7 Å². The number of carbonyl (C=O) groups is 1. The van der Waals surface area contributed by atoms with Crippen LogP contribution in [0.2, 0.25) is 0 Å². The van der Waals surface area contributed by atoms with Crippen LogP contribution in [0.3, 0.4) is 0 Å². The molecule has 1 heterocycles. The molecule has 1 amide bonds. The Morgan fingerprint density at radius 1 is 1.23 bits per heavy atom. The number of halogens is 3. The molecule has 0 aliphatic carbocycles. The highest BCUT2D eigenvalue weighted by molar-refractivity contribution is 6.01. The monoisotopic (exact) mass is 414 g/mol. The second-order valence-corrected chi connectivity index (χ2v) is 6.34. The van der Waals surface area contributed by atoms with E-state index >= 15 is 0 Å². The minimum Gasteiger partial charge on any atom is -0.492 e. The van der Waals surface area contributed by atoms with Crippen LogP contribution in [0, 0.1) is 11.3 Å². The van der Waals surface area contributed by atoms with Gasteiger partial charge in [-0.3, -0.25) is 9.78 Å². The average Bonchev–Trinajstić information content (AvgIpc) is 2.68. The molecule has 0 atom stereocenters. The molecule has 0 bridgehead atoms. The number of nitrogens with zero attached hydrogens (tertiary/aromatic N) is 2. The molecular weight excluding hydrogens is 397 g/mol. The standard InChI is InChI=1S/C21H17F3N4O2/c1-3-30-19-9-17-16(8-18(19)27-12(2)29)20(13(10-25)11-26-17)28-15-6-4-14(5-7-15)21(22,23)24/h4-9,11H,3H2,1-2H3,(H,26,28)(H,27,29). The second kappa shape index (κ2) is 8.29. The van der Waals surface area contributed by atoms with Crippen molar-refractivity contribution in [1.82, 2.24) is 4.98 Å². The molecule has 0 spiro atoms. The molecule has 0 saturated heterocycles. The Kier molecular flexibility index (Phi) is 5.78. The van der Waals surface area contributed by atoms with Crippen LogP contribution in [0.15, 0.2) is 42.6 Å². The van der Waals surface area contributed by atoms with Gasteiger partial charge in [-0.1, -0.05) is 0 Å². The van der Waals surface area contributed by atoms with Gasteiger partial charge >= 0.3 is 6.18 Å². The summed E-state index contributed by atoms with van der Waals surface area (Å²) >= 11 is 0. The maximum atomic E-state index is 12.8. The summed E-state index contributed by atoms with van der Waals surface area (Å²) < 4.78 is 44.0. The summed E-state index contributed by atoms with van der Waals surface area (Å²) in [4.78, 5) is 15.8. The van der Waals surface area contributed by atoms with E-state index in [0.717, 1.165) is 12.1 Å². The highest BCUT2D eigenvalue weighted by atomic mass is 19.4. The maximum Gasteiger partial charge on any atom is 0.416 e. The Labute approximate surface area is 170 Å². The Hall–Kier alpha value is -3.80. The zero-order valence-corrected chi connectivity index (χ0v) is 16.1. The van der Waals surface area contributed by atoms with Crippen molar-refractivity contribution in [1.29, 1.82) is 5.26 Å². The van der Waals surface area contributed by atoms with Crippen LogP contribution in [0.1, 0.15) is 25.0 Å². The molecule has 0 saturated carbocycles. The number of carbonyl (C=O) groups excluding carboxylic acids is 1. The fourth-order valence-corrected chi connectivity index (χ4v) is 2.89. The molecule has 0 aliphatic rings. The molecule has 3 aromatic rings. The third-order valence-corrected chi connectivity index (χ3v) is 4.18. The predicted octanol–water partition coefficient (Wildman–Crippen LogP) is 5.23. The molecule has 9 heteroatoms. The first-order valence-corrected chi connectivity index (χ1v) is 8.94. The van der Waals surface area contributed by atoms with Gasteiger partial charge in [0, 0.05) is 30.3 Å². The molecule has 0 radical (unpaired) electrons. The Balaban J connectivity index is 2.12. The molecule has 1 aromatic heterocycles. The number of rotatable bonds is 5. The number of nitrogens with one attached hydrogen (secondary N) is 2. The zero-order valence-electron chi connectivity index (χ0n) is 16.1. The van der Waals surface area contributed by atoms with Crippen molar-refractivity contribution in [3.63, 3.8) is 0 Å². The minimum atomic E-state index is -4.44. The van der Waals surface area contributed by atoms with Crippen LogP contribution in [-0.4, -0.2) is 17.5 Å². The molecule has 2 N–H and O–H groups in total. The summed E-state index contributed by atoms with van der Waals surface area (Å²) in [5.74, 6) is 0.106. The van der Waals surface area contributed by atoms with Gasteiger partial charge in [0.15, 0.2) is 0 Å². The molecule has 6 nitrogen and oxygen atoms in total. The van der Waals surface area contributed by atoms with Crippen LogP contribution in [-0.2, 0) is 11.0 Å². The summed E-state index contributed by atoms with van der Waals surface area (Å²) in [5, 5.41) is 15.7. The van der Waals surface area contributed by atoms with E-state index in [0.29, 0.717) is 40.3 Å². The quantitative estimate of drug-likeness (QED) is 0.597. The highest BCUT2D eigenvalue weighted by Gasteiger charge is 2.30. The number of hydrogen-bond acceptors (Lipinski definition) is 5. The summed E-state index contributed by atoms with van der Waals surface area (Å²) in [7, 11) is 0. The van der Waals surface area contributed by atoms with Gasteiger partial charge < -0.3 is 15.4 Å². The van der Waals surface area contributed by atoms with Crippen molar-refractivity contribution in [3.05, 3.63) is 53.7 Å². The SMILES string of the molecule is CCOc1cc2ncc(C#N)c(Nc3ccc(C(F)(F)F)cc3)c2cc1NC(C)=O. The van der Waals surface area contributed by atoms with Crippen molar-refractivity contribution in [2.75, 3.05) is 17.2 Å². The van der Waals surface area contributed by atoms with Gasteiger partial charge in [-0.2, -0.15) is 18.4 Å². The molecule has 3 rings (SSSR count). The van der Waals surface area contributed by atoms with Gasteiger partial charge in [0.1, 0.15) is 11.8 Å². The van der Waals surface area contributed by atoms with Crippen LogP contribution in [0.5, 0.6) is 5.75 Å². The van der Waals surface area contributed by atoms with E-state index in [9.17, 15) is 23.2 Å². The number of anilines is 3. The van der Waals surface area contributed by atoms with E-state index in [4.69, 9.17) is 4.74 Å². The molecule has 0 unspecified atom stereocenters.